The van der Waals surface area contributed by atoms with Gasteiger partial charge in [-0.05, 0) is 37.3 Å². The van der Waals surface area contributed by atoms with E-state index in [1.165, 1.54) is 22.5 Å². The van der Waals surface area contributed by atoms with Crippen molar-refractivity contribution in [3.8, 4) is 0 Å². The maximum atomic E-state index is 13.5. The van der Waals surface area contributed by atoms with Crippen molar-refractivity contribution in [2.45, 2.75) is 43.9 Å². The minimum absolute atomic E-state index is 0.114. The van der Waals surface area contributed by atoms with E-state index in [4.69, 9.17) is 5.73 Å². The minimum Gasteiger partial charge on any atom is -0.395 e. The fourth-order valence-electron chi connectivity index (χ4n) is 2.96. The summed E-state index contributed by atoms with van der Waals surface area (Å²) in [4.78, 5) is -0.114. The summed E-state index contributed by atoms with van der Waals surface area (Å²) in [5, 5.41) is 0. The molecule has 1 unspecified atom stereocenters. The fourth-order valence-corrected chi connectivity index (χ4v) is 4.58. The Kier molecular flexibility index (Phi) is 5.22. The van der Waals surface area contributed by atoms with E-state index in [-0.39, 0.29) is 10.6 Å². The van der Waals surface area contributed by atoms with Gasteiger partial charge in [-0.25, -0.2) is 12.8 Å². The predicted octanol–water partition coefficient (Wildman–Crippen LogP) is 3.00. The van der Waals surface area contributed by atoms with Crippen LogP contribution in [-0.4, -0.2) is 25.8 Å². The lowest BCUT2D eigenvalue weighted by Gasteiger charge is -2.21. The second kappa shape index (κ2) is 6.75. The molecule has 6 heteroatoms. The maximum absolute atomic E-state index is 13.5. The molecule has 0 aliphatic carbocycles. The SMILES string of the molecule is CCCC1CCCN(S(=O)(=O)c2cccc(F)c2N)CC1. The van der Waals surface area contributed by atoms with Gasteiger partial charge in [0, 0.05) is 13.1 Å². The summed E-state index contributed by atoms with van der Waals surface area (Å²) in [7, 11) is -3.71. The van der Waals surface area contributed by atoms with Crippen molar-refractivity contribution in [3.63, 3.8) is 0 Å². The number of nitrogens with zero attached hydrogens (tertiary/aromatic N) is 1. The van der Waals surface area contributed by atoms with Crippen LogP contribution in [0.5, 0.6) is 0 Å². The van der Waals surface area contributed by atoms with Crippen molar-refractivity contribution in [2.24, 2.45) is 5.92 Å². The van der Waals surface area contributed by atoms with E-state index in [0.29, 0.717) is 19.0 Å². The first-order valence-electron chi connectivity index (χ1n) is 7.51. The van der Waals surface area contributed by atoms with Gasteiger partial charge in [0.2, 0.25) is 10.0 Å². The molecule has 0 spiro atoms. The molecule has 1 aliphatic rings. The van der Waals surface area contributed by atoms with Gasteiger partial charge in [-0.15, -0.1) is 0 Å². The normalized spacial score (nSPS) is 21.1. The number of halogens is 1. The van der Waals surface area contributed by atoms with E-state index in [0.717, 1.165) is 32.1 Å². The molecule has 1 heterocycles. The lowest BCUT2D eigenvalue weighted by molar-refractivity contribution is 0.400. The summed E-state index contributed by atoms with van der Waals surface area (Å²) < 4.78 is 40.3. The number of hydrogen-bond acceptors (Lipinski definition) is 3. The quantitative estimate of drug-likeness (QED) is 0.869. The van der Waals surface area contributed by atoms with Gasteiger partial charge in [-0.1, -0.05) is 25.8 Å². The average molecular weight is 314 g/mol. The van der Waals surface area contributed by atoms with Crippen LogP contribution in [-0.2, 0) is 10.0 Å². The summed E-state index contributed by atoms with van der Waals surface area (Å²) in [6, 6.07) is 3.94. The first-order valence-corrected chi connectivity index (χ1v) is 8.95. The first kappa shape index (κ1) is 16.2. The van der Waals surface area contributed by atoms with E-state index < -0.39 is 15.8 Å². The van der Waals surface area contributed by atoms with Crippen LogP contribution in [0.4, 0.5) is 10.1 Å². The molecule has 1 fully saturated rings. The number of sulfonamides is 1. The zero-order valence-corrected chi connectivity index (χ0v) is 13.2. The topological polar surface area (TPSA) is 63.4 Å². The Morgan fingerprint density at radius 3 is 2.81 bits per heavy atom. The van der Waals surface area contributed by atoms with E-state index in [2.05, 4.69) is 6.92 Å². The van der Waals surface area contributed by atoms with Crippen LogP contribution in [0.2, 0.25) is 0 Å². The van der Waals surface area contributed by atoms with Crippen LogP contribution in [0, 0.1) is 11.7 Å². The number of nitrogens with two attached hydrogens (primary N) is 1. The second-order valence-electron chi connectivity index (χ2n) is 5.64. The largest absolute Gasteiger partial charge is 0.395 e. The van der Waals surface area contributed by atoms with Crippen molar-refractivity contribution >= 4 is 15.7 Å². The predicted molar refractivity (Wildman–Crippen MR) is 81.8 cm³/mol. The maximum Gasteiger partial charge on any atom is 0.245 e. The molecule has 1 aromatic rings. The molecule has 21 heavy (non-hydrogen) atoms. The van der Waals surface area contributed by atoms with Gasteiger partial charge in [0.15, 0.2) is 0 Å². The number of anilines is 1. The highest BCUT2D eigenvalue weighted by atomic mass is 32.2. The van der Waals surface area contributed by atoms with Crippen LogP contribution in [0.25, 0.3) is 0 Å². The highest BCUT2D eigenvalue weighted by molar-refractivity contribution is 7.89. The van der Waals surface area contributed by atoms with Crippen molar-refractivity contribution in [1.29, 1.82) is 0 Å². The third-order valence-corrected chi connectivity index (χ3v) is 6.09. The molecule has 1 atom stereocenters. The van der Waals surface area contributed by atoms with Crippen LogP contribution >= 0.6 is 0 Å². The van der Waals surface area contributed by atoms with Gasteiger partial charge in [0.25, 0.3) is 0 Å². The van der Waals surface area contributed by atoms with E-state index >= 15 is 0 Å². The lowest BCUT2D eigenvalue weighted by atomic mass is 9.96. The minimum atomic E-state index is -3.71. The van der Waals surface area contributed by atoms with Gasteiger partial charge in [-0.2, -0.15) is 4.31 Å². The van der Waals surface area contributed by atoms with Gasteiger partial charge in [0.1, 0.15) is 10.7 Å². The molecule has 2 rings (SSSR count). The third kappa shape index (κ3) is 3.55. The van der Waals surface area contributed by atoms with Gasteiger partial charge in [-0.3, -0.25) is 0 Å². The molecule has 2 N–H and O–H groups in total. The van der Waals surface area contributed by atoms with Crippen molar-refractivity contribution in [2.75, 3.05) is 18.8 Å². The molecule has 0 aromatic heterocycles. The summed E-state index contributed by atoms with van der Waals surface area (Å²) in [5.74, 6) is -0.102. The Bertz CT molecular complexity index is 589. The Morgan fingerprint density at radius 2 is 2.10 bits per heavy atom. The zero-order valence-electron chi connectivity index (χ0n) is 12.4. The number of hydrogen-bond donors (Lipinski definition) is 1. The zero-order chi connectivity index (χ0) is 15.5. The van der Waals surface area contributed by atoms with Crippen LogP contribution in [0.15, 0.2) is 23.1 Å². The molecule has 1 aromatic carbocycles. The van der Waals surface area contributed by atoms with Crippen LogP contribution in [0.1, 0.15) is 39.0 Å². The molecule has 0 amide bonds. The Labute approximate surface area is 126 Å². The molecule has 1 aliphatic heterocycles. The third-order valence-electron chi connectivity index (χ3n) is 4.13. The average Bonchev–Trinajstić information content (AvgIpc) is 2.68. The lowest BCUT2D eigenvalue weighted by Crippen LogP contribution is -2.32. The Balaban J connectivity index is 2.22. The van der Waals surface area contributed by atoms with Crippen molar-refractivity contribution < 1.29 is 12.8 Å². The molecule has 0 bridgehead atoms. The molecule has 118 valence electrons. The summed E-state index contributed by atoms with van der Waals surface area (Å²) in [5.41, 5.74) is 5.32. The van der Waals surface area contributed by atoms with Gasteiger partial charge >= 0.3 is 0 Å². The van der Waals surface area contributed by atoms with E-state index in [1.807, 2.05) is 0 Å². The smallest absolute Gasteiger partial charge is 0.245 e. The highest BCUT2D eigenvalue weighted by Crippen LogP contribution is 2.28. The first-order chi connectivity index (χ1) is 9.96. The van der Waals surface area contributed by atoms with Gasteiger partial charge in [0.05, 0.1) is 5.69 Å². The molecule has 1 saturated heterocycles. The molecular formula is C15H23FN2O2S. The monoisotopic (exact) mass is 314 g/mol. The van der Waals surface area contributed by atoms with Crippen molar-refractivity contribution in [1.82, 2.24) is 4.31 Å². The van der Waals surface area contributed by atoms with Crippen molar-refractivity contribution in [3.05, 3.63) is 24.0 Å². The number of rotatable bonds is 4. The van der Waals surface area contributed by atoms with Crippen LogP contribution < -0.4 is 5.73 Å². The van der Waals surface area contributed by atoms with E-state index in [1.54, 1.807) is 0 Å². The number of benzene rings is 1. The molecule has 0 saturated carbocycles. The summed E-state index contributed by atoms with van der Waals surface area (Å²) in [6.45, 7) is 3.12. The van der Waals surface area contributed by atoms with E-state index in [9.17, 15) is 12.8 Å². The van der Waals surface area contributed by atoms with Crippen LogP contribution in [0.3, 0.4) is 0 Å². The molecule has 0 radical (unpaired) electrons. The molecular weight excluding hydrogens is 291 g/mol. The standard InChI is InChI=1S/C15H23FN2O2S/c1-2-5-12-6-4-10-18(11-9-12)21(19,20)14-8-3-7-13(16)15(14)17/h3,7-8,12H,2,4-6,9-11,17H2,1H3. The summed E-state index contributed by atoms with van der Waals surface area (Å²) >= 11 is 0. The Morgan fingerprint density at radius 1 is 1.33 bits per heavy atom. The highest BCUT2D eigenvalue weighted by Gasteiger charge is 2.29. The Hall–Kier alpha value is -1.14. The summed E-state index contributed by atoms with van der Waals surface area (Å²) in [6.07, 6.45) is 5.02. The second-order valence-corrected chi connectivity index (χ2v) is 7.55. The van der Waals surface area contributed by atoms with Gasteiger partial charge < -0.3 is 5.73 Å². The number of para-hydroxylation sites is 1. The molecule has 4 nitrogen and oxygen atoms in total. The number of nitrogen functional groups attached to an aromatic ring is 1. The fraction of sp³-hybridized carbons (Fsp3) is 0.600.